The average Bonchev–Trinajstić information content (AvgIpc) is 2.68. The minimum absolute atomic E-state index is 0.106. The van der Waals surface area contributed by atoms with Gasteiger partial charge in [-0.05, 0) is 26.4 Å². The van der Waals surface area contributed by atoms with E-state index in [1.165, 1.54) is 0 Å². The van der Waals surface area contributed by atoms with Crippen molar-refractivity contribution in [1.82, 2.24) is 9.80 Å². The first-order valence-electron chi connectivity index (χ1n) is 6.41. The molecule has 1 atom stereocenters. The monoisotopic (exact) mass is 238 g/mol. The van der Waals surface area contributed by atoms with Crippen molar-refractivity contribution in [3.8, 4) is 0 Å². The first kappa shape index (κ1) is 12.6. The fourth-order valence-electron chi connectivity index (χ4n) is 2.60. The van der Waals surface area contributed by atoms with Crippen molar-refractivity contribution in [2.45, 2.75) is 26.7 Å². The van der Waals surface area contributed by atoms with Crippen LogP contribution < -0.4 is 0 Å². The van der Waals surface area contributed by atoms with E-state index in [1.807, 2.05) is 20.9 Å². The lowest BCUT2D eigenvalue weighted by Gasteiger charge is -2.36. The maximum atomic E-state index is 12.2. The topological polar surface area (TPSA) is 40.6 Å². The van der Waals surface area contributed by atoms with Crippen LogP contribution in [0.25, 0.3) is 0 Å². The molecular formula is C13H22N2O2. The quantitative estimate of drug-likeness (QED) is 0.677. The predicted octanol–water partition coefficient (Wildman–Crippen LogP) is 0.766. The molecule has 0 aliphatic carbocycles. The molecule has 4 heteroatoms. The van der Waals surface area contributed by atoms with Gasteiger partial charge < -0.3 is 9.80 Å². The summed E-state index contributed by atoms with van der Waals surface area (Å²) in [5, 5.41) is 0. The largest absolute Gasteiger partial charge is 0.335 e. The van der Waals surface area contributed by atoms with Crippen LogP contribution in [0.5, 0.6) is 0 Å². The van der Waals surface area contributed by atoms with Crippen LogP contribution in [0, 0.1) is 11.3 Å². The number of piperidine rings is 1. The molecular weight excluding hydrogens is 216 g/mol. The Morgan fingerprint density at radius 1 is 1.35 bits per heavy atom. The molecule has 2 fully saturated rings. The van der Waals surface area contributed by atoms with Crippen LogP contribution in [0.15, 0.2) is 0 Å². The van der Waals surface area contributed by atoms with Crippen molar-refractivity contribution < 1.29 is 9.59 Å². The van der Waals surface area contributed by atoms with E-state index in [9.17, 15) is 9.59 Å². The number of carbonyl (C=O) groups is 2. The Kier molecular flexibility index (Phi) is 3.25. The number of ketones is 1. The first-order chi connectivity index (χ1) is 7.90. The number of Topliss-reactive ketones (excluding diaryl/α,β-unsaturated/α-hetero) is 1. The molecule has 0 saturated carbocycles. The Morgan fingerprint density at radius 2 is 2.06 bits per heavy atom. The molecule has 0 bridgehead atoms. The SMILES string of the molecule is CN1CCC(C(=O)N2CCC(C)(C)C(=O)C2)C1. The van der Waals surface area contributed by atoms with Crippen molar-refractivity contribution in [2.75, 3.05) is 33.2 Å². The molecule has 0 aromatic rings. The molecule has 4 nitrogen and oxygen atoms in total. The molecule has 0 spiro atoms. The molecule has 0 aromatic heterocycles. The van der Waals surface area contributed by atoms with Gasteiger partial charge in [-0.15, -0.1) is 0 Å². The van der Waals surface area contributed by atoms with E-state index in [0.29, 0.717) is 6.54 Å². The van der Waals surface area contributed by atoms with Crippen molar-refractivity contribution in [2.24, 2.45) is 11.3 Å². The van der Waals surface area contributed by atoms with E-state index < -0.39 is 0 Å². The Balaban J connectivity index is 1.96. The van der Waals surface area contributed by atoms with Gasteiger partial charge in [-0.25, -0.2) is 0 Å². The first-order valence-corrected chi connectivity index (χ1v) is 6.41. The van der Waals surface area contributed by atoms with Crippen molar-refractivity contribution >= 4 is 11.7 Å². The lowest BCUT2D eigenvalue weighted by Crippen LogP contribution is -2.49. The molecule has 2 heterocycles. The predicted molar refractivity (Wildman–Crippen MR) is 65.6 cm³/mol. The normalized spacial score (nSPS) is 29.7. The van der Waals surface area contributed by atoms with Crippen LogP contribution in [0.3, 0.4) is 0 Å². The zero-order chi connectivity index (χ0) is 12.6. The summed E-state index contributed by atoms with van der Waals surface area (Å²) in [6.07, 6.45) is 1.73. The van der Waals surface area contributed by atoms with Gasteiger partial charge in [0, 0.05) is 18.5 Å². The third kappa shape index (κ3) is 2.51. The second-order valence-electron chi connectivity index (χ2n) is 6.06. The van der Waals surface area contributed by atoms with Crippen molar-refractivity contribution in [3.63, 3.8) is 0 Å². The summed E-state index contributed by atoms with van der Waals surface area (Å²) in [4.78, 5) is 28.1. The molecule has 0 aromatic carbocycles. The molecule has 2 saturated heterocycles. The van der Waals surface area contributed by atoms with Gasteiger partial charge in [0.2, 0.25) is 5.91 Å². The minimum atomic E-state index is -0.247. The zero-order valence-electron chi connectivity index (χ0n) is 11.0. The molecule has 96 valence electrons. The molecule has 0 N–H and O–H groups in total. The van der Waals surface area contributed by atoms with Gasteiger partial charge in [-0.2, -0.15) is 0 Å². The fourth-order valence-corrected chi connectivity index (χ4v) is 2.60. The lowest BCUT2D eigenvalue weighted by molar-refractivity contribution is -0.145. The van der Waals surface area contributed by atoms with E-state index in [0.717, 1.165) is 32.5 Å². The van der Waals surface area contributed by atoms with Gasteiger partial charge >= 0.3 is 0 Å². The molecule has 2 rings (SSSR count). The maximum absolute atomic E-state index is 12.2. The van der Waals surface area contributed by atoms with Crippen molar-refractivity contribution in [1.29, 1.82) is 0 Å². The van der Waals surface area contributed by atoms with E-state index in [4.69, 9.17) is 0 Å². The highest BCUT2D eigenvalue weighted by atomic mass is 16.2. The summed E-state index contributed by atoms with van der Waals surface area (Å²) in [5.41, 5.74) is -0.247. The molecule has 2 aliphatic heterocycles. The van der Waals surface area contributed by atoms with Crippen LogP contribution >= 0.6 is 0 Å². The average molecular weight is 238 g/mol. The Hall–Kier alpha value is -0.900. The highest BCUT2D eigenvalue weighted by Gasteiger charge is 2.38. The summed E-state index contributed by atoms with van der Waals surface area (Å²) in [7, 11) is 2.04. The molecule has 1 amide bonds. The van der Waals surface area contributed by atoms with Gasteiger partial charge in [0.05, 0.1) is 12.5 Å². The van der Waals surface area contributed by atoms with Crippen LogP contribution in [-0.4, -0.2) is 54.7 Å². The summed E-state index contributed by atoms with van der Waals surface area (Å²) < 4.78 is 0. The number of nitrogens with zero attached hydrogens (tertiary/aromatic N) is 2. The highest BCUT2D eigenvalue weighted by molar-refractivity contribution is 5.91. The van der Waals surface area contributed by atoms with Gasteiger partial charge in [-0.3, -0.25) is 9.59 Å². The second-order valence-corrected chi connectivity index (χ2v) is 6.06. The zero-order valence-corrected chi connectivity index (χ0v) is 11.0. The number of likely N-dealkylation sites (tertiary alicyclic amines) is 2. The smallest absolute Gasteiger partial charge is 0.227 e. The third-order valence-corrected chi connectivity index (χ3v) is 4.15. The summed E-state index contributed by atoms with van der Waals surface area (Å²) >= 11 is 0. The van der Waals surface area contributed by atoms with E-state index in [-0.39, 0.29) is 23.0 Å². The molecule has 1 unspecified atom stereocenters. The molecule has 17 heavy (non-hydrogen) atoms. The molecule has 2 aliphatic rings. The number of amides is 1. The van der Waals surface area contributed by atoms with Crippen LogP contribution in [0.4, 0.5) is 0 Å². The Bertz CT molecular complexity index is 338. The van der Waals surface area contributed by atoms with Gasteiger partial charge in [0.1, 0.15) is 0 Å². The number of hydrogen-bond acceptors (Lipinski definition) is 3. The van der Waals surface area contributed by atoms with Gasteiger partial charge in [0.25, 0.3) is 0 Å². The maximum Gasteiger partial charge on any atom is 0.227 e. The Labute approximate surface area is 103 Å². The summed E-state index contributed by atoms with van der Waals surface area (Å²) in [6, 6.07) is 0. The lowest BCUT2D eigenvalue weighted by atomic mass is 9.81. The third-order valence-electron chi connectivity index (χ3n) is 4.15. The van der Waals surface area contributed by atoms with Gasteiger partial charge in [0.15, 0.2) is 5.78 Å². The summed E-state index contributed by atoms with van der Waals surface area (Å²) in [5.74, 6) is 0.482. The second kappa shape index (κ2) is 4.41. The highest BCUT2D eigenvalue weighted by Crippen LogP contribution is 2.28. The summed E-state index contributed by atoms with van der Waals surface area (Å²) in [6.45, 7) is 6.82. The van der Waals surface area contributed by atoms with E-state index in [2.05, 4.69) is 4.90 Å². The van der Waals surface area contributed by atoms with Crippen LogP contribution in [0.2, 0.25) is 0 Å². The fraction of sp³-hybridized carbons (Fsp3) is 0.846. The van der Waals surface area contributed by atoms with E-state index >= 15 is 0 Å². The minimum Gasteiger partial charge on any atom is -0.335 e. The van der Waals surface area contributed by atoms with E-state index in [1.54, 1.807) is 4.90 Å². The van der Waals surface area contributed by atoms with Crippen LogP contribution in [-0.2, 0) is 9.59 Å². The Morgan fingerprint density at radius 3 is 2.59 bits per heavy atom. The van der Waals surface area contributed by atoms with Gasteiger partial charge in [-0.1, -0.05) is 13.8 Å². The number of carbonyl (C=O) groups excluding carboxylic acids is 2. The number of hydrogen-bond donors (Lipinski definition) is 0. The standard InChI is InChI=1S/C13H22N2O2/c1-13(2)5-7-15(9-11(13)16)12(17)10-4-6-14(3)8-10/h10H,4-9H2,1-3H3. The van der Waals surface area contributed by atoms with Crippen molar-refractivity contribution in [3.05, 3.63) is 0 Å². The number of rotatable bonds is 1. The van der Waals surface area contributed by atoms with Crippen LogP contribution in [0.1, 0.15) is 26.7 Å². The molecule has 0 radical (unpaired) electrons.